The van der Waals surface area contributed by atoms with Gasteiger partial charge in [0.25, 0.3) is 0 Å². The van der Waals surface area contributed by atoms with Gasteiger partial charge in [-0.3, -0.25) is 0 Å². The van der Waals surface area contributed by atoms with E-state index in [2.05, 4.69) is 10.1 Å². The van der Waals surface area contributed by atoms with Gasteiger partial charge < -0.3 is 5.11 Å². The van der Waals surface area contributed by atoms with E-state index in [0.29, 0.717) is 11.3 Å². The summed E-state index contributed by atoms with van der Waals surface area (Å²) in [7, 11) is 0. The molecule has 0 saturated carbocycles. The fraction of sp³-hybridized carbons (Fsp3) is 0. The number of aromatic hydroxyl groups is 1. The van der Waals surface area contributed by atoms with Crippen molar-refractivity contribution in [2.75, 3.05) is 0 Å². The molecule has 0 aliphatic rings. The van der Waals surface area contributed by atoms with E-state index < -0.39 is 5.82 Å². The first-order valence-corrected chi connectivity index (χ1v) is 7.47. The minimum Gasteiger partial charge on any atom is -0.507 e. The van der Waals surface area contributed by atoms with Crippen LogP contribution in [0.25, 0.3) is 27.3 Å². The molecule has 0 saturated heterocycles. The van der Waals surface area contributed by atoms with Crippen molar-refractivity contribution in [2.24, 2.45) is 0 Å². The molecule has 3 heterocycles. The maximum absolute atomic E-state index is 13.1. The summed E-state index contributed by atoms with van der Waals surface area (Å²) in [6, 6.07) is 9.75. The van der Waals surface area contributed by atoms with Gasteiger partial charge in [-0.25, -0.2) is 13.9 Å². The molecule has 0 amide bonds. The van der Waals surface area contributed by atoms with Crippen LogP contribution in [-0.2, 0) is 0 Å². The highest BCUT2D eigenvalue weighted by molar-refractivity contribution is 7.13. The zero-order valence-corrected chi connectivity index (χ0v) is 12.1. The SMILES string of the molecule is Oc1cc(F)ccc1-c1csc(-c2cnn3ccccc23)n1. The molecule has 0 spiro atoms. The van der Waals surface area contributed by atoms with Gasteiger partial charge in [0.05, 0.1) is 23.0 Å². The summed E-state index contributed by atoms with van der Waals surface area (Å²) in [4.78, 5) is 4.55. The van der Waals surface area contributed by atoms with Crippen molar-refractivity contribution >= 4 is 16.9 Å². The van der Waals surface area contributed by atoms with Gasteiger partial charge in [0.2, 0.25) is 0 Å². The molecule has 22 heavy (non-hydrogen) atoms. The van der Waals surface area contributed by atoms with Crippen LogP contribution in [0.2, 0.25) is 0 Å². The normalized spacial score (nSPS) is 11.1. The third-order valence-electron chi connectivity index (χ3n) is 3.40. The number of benzene rings is 1. The summed E-state index contributed by atoms with van der Waals surface area (Å²) < 4.78 is 14.9. The Hall–Kier alpha value is -2.73. The standard InChI is InChI=1S/C16H10FN3OS/c17-10-4-5-11(15(21)7-10)13-9-22-16(19-13)12-8-18-20-6-2-1-3-14(12)20/h1-9,21H. The Morgan fingerprint density at radius 1 is 1.14 bits per heavy atom. The molecule has 0 fully saturated rings. The van der Waals surface area contributed by atoms with Gasteiger partial charge in [0.1, 0.15) is 16.6 Å². The van der Waals surface area contributed by atoms with Gasteiger partial charge in [-0.05, 0) is 24.3 Å². The number of halogens is 1. The highest BCUT2D eigenvalue weighted by atomic mass is 32.1. The number of thiazole rings is 1. The van der Waals surface area contributed by atoms with Crippen LogP contribution < -0.4 is 0 Å². The second kappa shape index (κ2) is 4.92. The largest absolute Gasteiger partial charge is 0.507 e. The Kier molecular flexibility index (Phi) is 2.90. The summed E-state index contributed by atoms with van der Waals surface area (Å²) in [5.41, 5.74) is 3.03. The highest BCUT2D eigenvalue weighted by Gasteiger charge is 2.13. The molecule has 0 aliphatic carbocycles. The second-order valence-corrected chi connectivity index (χ2v) is 5.65. The van der Waals surface area contributed by atoms with E-state index in [1.165, 1.54) is 23.5 Å². The Bertz CT molecular complexity index is 976. The average Bonchev–Trinajstić information content (AvgIpc) is 3.13. The first-order valence-electron chi connectivity index (χ1n) is 6.59. The Morgan fingerprint density at radius 2 is 2.05 bits per heavy atom. The third-order valence-corrected chi connectivity index (χ3v) is 4.27. The maximum Gasteiger partial charge on any atom is 0.127 e. The zero-order chi connectivity index (χ0) is 15.1. The molecule has 1 aromatic carbocycles. The molecule has 4 rings (SSSR count). The number of pyridine rings is 1. The minimum atomic E-state index is -0.473. The molecule has 0 radical (unpaired) electrons. The van der Waals surface area contributed by atoms with Crippen molar-refractivity contribution in [1.29, 1.82) is 0 Å². The predicted molar refractivity (Wildman–Crippen MR) is 83.4 cm³/mol. The lowest BCUT2D eigenvalue weighted by Gasteiger charge is -2.00. The minimum absolute atomic E-state index is 0.114. The number of hydrogen-bond acceptors (Lipinski definition) is 4. The van der Waals surface area contributed by atoms with Gasteiger partial charge in [-0.1, -0.05) is 6.07 Å². The number of hydrogen-bond donors (Lipinski definition) is 1. The van der Waals surface area contributed by atoms with E-state index in [1.54, 1.807) is 10.7 Å². The van der Waals surface area contributed by atoms with E-state index in [0.717, 1.165) is 22.2 Å². The Balaban J connectivity index is 1.81. The molecule has 0 atom stereocenters. The lowest BCUT2D eigenvalue weighted by atomic mass is 10.1. The van der Waals surface area contributed by atoms with E-state index >= 15 is 0 Å². The van der Waals surface area contributed by atoms with Crippen LogP contribution in [0, 0.1) is 5.82 Å². The van der Waals surface area contributed by atoms with Crippen LogP contribution in [0.1, 0.15) is 0 Å². The van der Waals surface area contributed by atoms with Crippen LogP contribution in [-0.4, -0.2) is 19.7 Å². The van der Waals surface area contributed by atoms with Crippen LogP contribution >= 0.6 is 11.3 Å². The number of rotatable bonds is 2. The molecular formula is C16H10FN3OS. The third kappa shape index (κ3) is 2.05. The smallest absolute Gasteiger partial charge is 0.127 e. The zero-order valence-electron chi connectivity index (χ0n) is 11.3. The van der Waals surface area contributed by atoms with Crippen molar-refractivity contribution in [3.63, 3.8) is 0 Å². The quantitative estimate of drug-likeness (QED) is 0.609. The fourth-order valence-electron chi connectivity index (χ4n) is 2.34. The molecule has 0 bridgehead atoms. The molecule has 4 aromatic rings. The van der Waals surface area contributed by atoms with Crippen molar-refractivity contribution in [3.05, 3.63) is 60.0 Å². The number of aromatic nitrogens is 3. The molecule has 3 aromatic heterocycles. The summed E-state index contributed by atoms with van der Waals surface area (Å²) in [6.07, 6.45) is 3.64. The molecule has 4 nitrogen and oxygen atoms in total. The van der Waals surface area contributed by atoms with Gasteiger partial charge in [0, 0.05) is 23.2 Å². The van der Waals surface area contributed by atoms with E-state index in [1.807, 2.05) is 29.8 Å². The summed E-state index contributed by atoms with van der Waals surface area (Å²) in [6.45, 7) is 0. The van der Waals surface area contributed by atoms with E-state index in [9.17, 15) is 9.50 Å². The Labute approximate surface area is 129 Å². The lowest BCUT2D eigenvalue weighted by molar-refractivity contribution is 0.471. The molecule has 1 N–H and O–H groups in total. The predicted octanol–water partition coefficient (Wildman–Crippen LogP) is 3.97. The average molecular weight is 311 g/mol. The first-order chi connectivity index (χ1) is 10.7. The summed E-state index contributed by atoms with van der Waals surface area (Å²) in [5.74, 6) is -0.587. The van der Waals surface area contributed by atoms with Crippen molar-refractivity contribution < 1.29 is 9.50 Å². The van der Waals surface area contributed by atoms with Crippen LogP contribution in [0.4, 0.5) is 4.39 Å². The maximum atomic E-state index is 13.1. The first kappa shape index (κ1) is 13.0. The van der Waals surface area contributed by atoms with Crippen LogP contribution in [0.15, 0.2) is 54.2 Å². The van der Waals surface area contributed by atoms with Crippen LogP contribution in [0.3, 0.4) is 0 Å². The molecule has 0 aliphatic heterocycles. The number of phenolic OH excluding ortho intramolecular Hbond substituents is 1. The van der Waals surface area contributed by atoms with E-state index in [-0.39, 0.29) is 5.75 Å². The number of nitrogens with zero attached hydrogens (tertiary/aromatic N) is 3. The topological polar surface area (TPSA) is 50.4 Å². The van der Waals surface area contributed by atoms with Crippen LogP contribution in [0.5, 0.6) is 5.75 Å². The van der Waals surface area contributed by atoms with E-state index in [4.69, 9.17) is 0 Å². The van der Waals surface area contributed by atoms with Gasteiger partial charge >= 0.3 is 0 Å². The summed E-state index contributed by atoms with van der Waals surface area (Å²) >= 11 is 1.46. The van der Waals surface area contributed by atoms with Crippen molar-refractivity contribution in [2.45, 2.75) is 0 Å². The molecular weight excluding hydrogens is 301 g/mol. The molecule has 0 unspecified atom stereocenters. The highest BCUT2D eigenvalue weighted by Crippen LogP contribution is 2.34. The fourth-order valence-corrected chi connectivity index (χ4v) is 3.18. The monoisotopic (exact) mass is 311 g/mol. The van der Waals surface area contributed by atoms with Gasteiger partial charge in [0.15, 0.2) is 0 Å². The lowest BCUT2D eigenvalue weighted by Crippen LogP contribution is -1.84. The van der Waals surface area contributed by atoms with Crippen molar-refractivity contribution in [1.82, 2.24) is 14.6 Å². The summed E-state index contributed by atoms with van der Waals surface area (Å²) in [5, 5.41) is 16.8. The number of phenols is 1. The van der Waals surface area contributed by atoms with Gasteiger partial charge in [-0.2, -0.15) is 5.10 Å². The molecule has 108 valence electrons. The Morgan fingerprint density at radius 3 is 2.91 bits per heavy atom. The van der Waals surface area contributed by atoms with Crippen molar-refractivity contribution in [3.8, 4) is 27.6 Å². The second-order valence-electron chi connectivity index (χ2n) is 4.79. The van der Waals surface area contributed by atoms with Gasteiger partial charge in [-0.15, -0.1) is 11.3 Å². The molecule has 6 heteroatoms. The number of fused-ring (bicyclic) bond motifs is 1.